The third-order valence-electron chi connectivity index (χ3n) is 4.97. The van der Waals surface area contributed by atoms with E-state index >= 15 is 0 Å². The summed E-state index contributed by atoms with van der Waals surface area (Å²) >= 11 is 11.9. The fourth-order valence-corrected chi connectivity index (χ4v) is 3.79. The molecule has 0 spiro atoms. The van der Waals surface area contributed by atoms with Crippen LogP contribution in [0.15, 0.2) is 66.9 Å². The van der Waals surface area contributed by atoms with Crippen molar-refractivity contribution in [2.45, 2.75) is 6.18 Å². The predicted octanol–water partition coefficient (Wildman–Crippen LogP) is 6.64. The number of aromatic amines is 1. The summed E-state index contributed by atoms with van der Waals surface area (Å²) in [4.78, 5) is 39.6. The number of alkyl halides is 3. The van der Waals surface area contributed by atoms with E-state index in [2.05, 4.69) is 15.0 Å². The summed E-state index contributed by atoms with van der Waals surface area (Å²) in [7, 11) is 0. The van der Waals surface area contributed by atoms with Crippen molar-refractivity contribution in [1.29, 1.82) is 0 Å². The Bertz CT molecular complexity index is 1480. The SMILES string of the molecule is O=C(Nc1ccc(-c2ccc3[nH]ccc3c2)cc1C(=O)OC(=O)C(F)(F)F)c1ccc(Cl)cc1Cl. The van der Waals surface area contributed by atoms with Crippen LogP contribution in [0.2, 0.25) is 10.0 Å². The van der Waals surface area contributed by atoms with Crippen LogP contribution in [0.4, 0.5) is 18.9 Å². The van der Waals surface area contributed by atoms with Gasteiger partial charge < -0.3 is 15.0 Å². The second-order valence-corrected chi connectivity index (χ2v) is 8.14. The van der Waals surface area contributed by atoms with Crippen molar-refractivity contribution < 1.29 is 32.3 Å². The number of halogens is 5. The van der Waals surface area contributed by atoms with Crippen molar-refractivity contribution in [3.8, 4) is 11.1 Å². The number of hydrogen-bond donors (Lipinski definition) is 2. The van der Waals surface area contributed by atoms with E-state index in [0.717, 1.165) is 10.9 Å². The summed E-state index contributed by atoms with van der Waals surface area (Å²) in [5, 5.41) is 3.57. The zero-order chi connectivity index (χ0) is 25.3. The third kappa shape index (κ3) is 5.31. The number of hydrogen-bond acceptors (Lipinski definition) is 4. The van der Waals surface area contributed by atoms with Crippen LogP contribution in [0.5, 0.6) is 0 Å². The molecule has 0 radical (unpaired) electrons. The van der Waals surface area contributed by atoms with Crippen molar-refractivity contribution in [3.05, 3.63) is 88.0 Å². The molecule has 1 aromatic heterocycles. The van der Waals surface area contributed by atoms with Crippen molar-refractivity contribution in [1.82, 2.24) is 4.98 Å². The van der Waals surface area contributed by atoms with Gasteiger partial charge in [-0.2, -0.15) is 13.2 Å². The Hall–Kier alpha value is -3.82. The fourth-order valence-electron chi connectivity index (χ4n) is 3.29. The van der Waals surface area contributed by atoms with Gasteiger partial charge in [0.2, 0.25) is 0 Å². The van der Waals surface area contributed by atoms with Crippen LogP contribution in [0.25, 0.3) is 22.0 Å². The number of ether oxygens (including phenoxy) is 1. The zero-order valence-corrected chi connectivity index (χ0v) is 18.9. The average Bonchev–Trinajstić information content (AvgIpc) is 3.26. The van der Waals surface area contributed by atoms with Crippen LogP contribution in [0.3, 0.4) is 0 Å². The minimum absolute atomic E-state index is 0.00346. The Labute approximate surface area is 205 Å². The van der Waals surface area contributed by atoms with Gasteiger partial charge in [-0.05, 0) is 65.0 Å². The quantitative estimate of drug-likeness (QED) is 0.233. The first-order valence-electron chi connectivity index (χ1n) is 9.84. The minimum Gasteiger partial charge on any atom is -0.383 e. The number of carbonyl (C=O) groups excluding carboxylic acids is 3. The maximum Gasteiger partial charge on any atom is 0.491 e. The summed E-state index contributed by atoms with van der Waals surface area (Å²) in [5.41, 5.74) is 1.27. The normalized spacial score (nSPS) is 11.3. The summed E-state index contributed by atoms with van der Waals surface area (Å²) in [5.74, 6) is -5.03. The number of esters is 2. The highest BCUT2D eigenvalue weighted by molar-refractivity contribution is 6.37. The van der Waals surface area contributed by atoms with Gasteiger partial charge in [-0.25, -0.2) is 9.59 Å². The van der Waals surface area contributed by atoms with Crippen LogP contribution < -0.4 is 5.32 Å². The largest absolute Gasteiger partial charge is 0.491 e. The van der Waals surface area contributed by atoms with E-state index in [4.69, 9.17) is 23.2 Å². The van der Waals surface area contributed by atoms with Crippen molar-refractivity contribution in [3.63, 3.8) is 0 Å². The molecule has 1 amide bonds. The second-order valence-electron chi connectivity index (χ2n) is 7.29. The highest BCUT2D eigenvalue weighted by atomic mass is 35.5. The van der Waals surface area contributed by atoms with Gasteiger partial charge in [0.15, 0.2) is 0 Å². The molecule has 6 nitrogen and oxygen atoms in total. The van der Waals surface area contributed by atoms with Crippen LogP contribution in [-0.4, -0.2) is 29.0 Å². The molecular weight excluding hydrogens is 508 g/mol. The summed E-state index contributed by atoms with van der Waals surface area (Å²) < 4.78 is 42.0. The molecule has 3 aromatic carbocycles. The number of amides is 1. The molecule has 0 aliphatic heterocycles. The number of anilines is 1. The van der Waals surface area contributed by atoms with E-state index in [1.807, 2.05) is 6.07 Å². The Morgan fingerprint density at radius 2 is 1.57 bits per heavy atom. The number of aromatic nitrogens is 1. The summed E-state index contributed by atoms with van der Waals surface area (Å²) in [6.45, 7) is 0. The number of benzene rings is 3. The monoisotopic (exact) mass is 520 g/mol. The van der Waals surface area contributed by atoms with Crippen molar-refractivity contribution in [2.75, 3.05) is 5.32 Å². The molecule has 0 fully saturated rings. The lowest BCUT2D eigenvalue weighted by molar-refractivity contribution is -0.193. The molecule has 0 unspecified atom stereocenters. The first-order valence-corrected chi connectivity index (χ1v) is 10.6. The van der Waals surface area contributed by atoms with Gasteiger partial charge in [-0.3, -0.25) is 4.79 Å². The molecule has 0 atom stereocenters. The number of H-pyrrole nitrogens is 1. The smallest absolute Gasteiger partial charge is 0.383 e. The zero-order valence-electron chi connectivity index (χ0n) is 17.4. The molecule has 11 heteroatoms. The van der Waals surface area contributed by atoms with Crippen molar-refractivity contribution >= 4 is 57.6 Å². The van der Waals surface area contributed by atoms with Gasteiger partial charge >= 0.3 is 18.1 Å². The Morgan fingerprint density at radius 3 is 2.29 bits per heavy atom. The topological polar surface area (TPSA) is 88.3 Å². The molecule has 2 N–H and O–H groups in total. The summed E-state index contributed by atoms with van der Waals surface area (Å²) in [6, 6.07) is 15.3. The van der Waals surface area contributed by atoms with E-state index in [0.29, 0.717) is 11.1 Å². The van der Waals surface area contributed by atoms with E-state index in [9.17, 15) is 27.6 Å². The maximum atomic E-state index is 12.7. The van der Waals surface area contributed by atoms with E-state index in [-0.39, 0.29) is 21.3 Å². The summed E-state index contributed by atoms with van der Waals surface area (Å²) in [6.07, 6.45) is -3.65. The van der Waals surface area contributed by atoms with Crippen LogP contribution in [0.1, 0.15) is 20.7 Å². The van der Waals surface area contributed by atoms with Gasteiger partial charge in [-0.15, -0.1) is 0 Å². The molecule has 0 saturated heterocycles. The fraction of sp³-hybridized carbons (Fsp3) is 0.0417. The minimum atomic E-state index is -5.38. The van der Waals surface area contributed by atoms with Crippen molar-refractivity contribution in [2.24, 2.45) is 0 Å². The molecule has 0 bridgehead atoms. The van der Waals surface area contributed by atoms with Gasteiger partial charge in [0, 0.05) is 16.7 Å². The molecule has 4 rings (SSSR count). The standard InChI is InChI=1S/C24H13Cl2F3N2O4/c25-15-3-4-16(18(26)11-15)21(32)31-20-6-2-13(12-1-5-19-14(9-12)7-8-30-19)10-17(20)22(33)35-23(34)24(27,28)29/h1-11,30H,(H,31,32). The average molecular weight is 521 g/mol. The molecule has 1 heterocycles. The number of carbonyl (C=O) groups is 3. The van der Waals surface area contributed by atoms with E-state index in [1.165, 1.54) is 30.3 Å². The molecule has 0 saturated carbocycles. The Kier molecular flexibility index (Phi) is 6.56. The Balaban J connectivity index is 1.73. The van der Waals surface area contributed by atoms with Crippen LogP contribution in [-0.2, 0) is 9.53 Å². The van der Waals surface area contributed by atoms with E-state index in [1.54, 1.807) is 30.5 Å². The lowest BCUT2D eigenvalue weighted by Crippen LogP contribution is -2.28. The number of rotatable bonds is 4. The predicted molar refractivity (Wildman–Crippen MR) is 125 cm³/mol. The van der Waals surface area contributed by atoms with Crippen LogP contribution in [0, 0.1) is 0 Å². The first-order chi connectivity index (χ1) is 16.5. The Morgan fingerprint density at radius 1 is 0.857 bits per heavy atom. The van der Waals surface area contributed by atoms with Gasteiger partial charge in [-0.1, -0.05) is 35.3 Å². The highest BCUT2D eigenvalue weighted by Gasteiger charge is 2.43. The second kappa shape index (κ2) is 9.44. The molecule has 0 aliphatic carbocycles. The highest BCUT2D eigenvalue weighted by Crippen LogP contribution is 2.30. The molecule has 4 aromatic rings. The molecular formula is C24H13Cl2F3N2O4. The lowest BCUT2D eigenvalue weighted by Gasteiger charge is -2.14. The number of fused-ring (bicyclic) bond motifs is 1. The van der Waals surface area contributed by atoms with Gasteiger partial charge in [0.1, 0.15) is 0 Å². The molecule has 35 heavy (non-hydrogen) atoms. The lowest BCUT2D eigenvalue weighted by atomic mass is 10.0. The van der Waals surface area contributed by atoms with E-state index < -0.39 is 29.6 Å². The third-order valence-corrected chi connectivity index (χ3v) is 5.51. The van der Waals surface area contributed by atoms with Gasteiger partial charge in [0.05, 0.1) is 21.8 Å². The van der Waals surface area contributed by atoms with Crippen LogP contribution >= 0.6 is 23.2 Å². The van der Waals surface area contributed by atoms with Gasteiger partial charge in [0.25, 0.3) is 5.91 Å². The first kappa shape index (κ1) is 24.3. The number of nitrogens with one attached hydrogen (secondary N) is 2. The molecule has 178 valence electrons. The molecule has 0 aliphatic rings. The maximum absolute atomic E-state index is 12.7.